The minimum Gasteiger partial charge on any atom is -0.492 e. The summed E-state index contributed by atoms with van der Waals surface area (Å²) >= 11 is 20.4. The fourth-order valence-electron chi connectivity index (χ4n) is 7.13. The molecule has 14 nitrogen and oxygen atoms in total. The number of hydrogen-bond donors (Lipinski definition) is 10. The van der Waals surface area contributed by atoms with Crippen LogP contribution in [-0.2, 0) is 22.4 Å². The minimum absolute atomic E-state index is 0.000537. The van der Waals surface area contributed by atoms with Crippen LogP contribution in [0.5, 0.6) is 11.5 Å². The monoisotopic (exact) mass is 938 g/mol. The topological polar surface area (TPSA) is 239 Å². The van der Waals surface area contributed by atoms with Gasteiger partial charge in [0.05, 0.1) is 34.4 Å². The third kappa shape index (κ3) is 14.0. The summed E-state index contributed by atoms with van der Waals surface area (Å²) in [4.78, 5) is 50.1. The van der Waals surface area contributed by atoms with Gasteiger partial charge in [-0.3, -0.25) is 19.2 Å². The van der Waals surface area contributed by atoms with Gasteiger partial charge < -0.3 is 53.7 Å². The fraction of sp³-hybridized carbons (Fsp3) is 0.378. The number of halogens is 2. The van der Waals surface area contributed by atoms with Gasteiger partial charge in [-0.1, -0.05) is 83.4 Å². The molecule has 2 aliphatic heterocycles. The van der Waals surface area contributed by atoms with Gasteiger partial charge in [0, 0.05) is 85.6 Å². The van der Waals surface area contributed by atoms with Gasteiger partial charge in [-0.15, -0.1) is 0 Å². The number of hydrogen-bond acceptors (Lipinski definition) is 12. The van der Waals surface area contributed by atoms with E-state index in [1.54, 1.807) is 36.4 Å². The number of amides is 4. The molecule has 4 amide bonds. The second-order valence-corrected chi connectivity index (χ2v) is 17.1. The minimum atomic E-state index is -0.929. The molecule has 2 heterocycles. The zero-order valence-corrected chi connectivity index (χ0v) is 38.3. The lowest BCUT2D eigenvalue weighted by molar-refractivity contribution is -0.120. The summed E-state index contributed by atoms with van der Waals surface area (Å²) < 4.78 is 11.7. The van der Waals surface area contributed by atoms with Gasteiger partial charge in [0.1, 0.15) is 23.6 Å². The van der Waals surface area contributed by atoms with E-state index in [2.05, 4.69) is 46.5 Å². The smallest absolute Gasteiger partial charge is 0.255 e. The Morgan fingerprint density at radius 3 is 1.54 bits per heavy atom. The van der Waals surface area contributed by atoms with Gasteiger partial charge in [-0.25, -0.2) is 0 Å². The number of carbonyl (C=O) groups is 4. The average Bonchev–Trinajstić information content (AvgIpc) is 3.28. The highest BCUT2D eigenvalue weighted by Crippen LogP contribution is 2.36. The molecule has 0 saturated heterocycles. The van der Waals surface area contributed by atoms with Crippen LogP contribution in [0.25, 0.3) is 0 Å². The van der Waals surface area contributed by atoms with Gasteiger partial charge in [0.25, 0.3) is 11.8 Å². The van der Waals surface area contributed by atoms with E-state index < -0.39 is 29.8 Å². The lowest BCUT2D eigenvalue weighted by Crippen LogP contribution is -2.46. The molecular weight excluding hydrogens is 884 g/mol. The predicted octanol–water partition coefficient (Wildman–Crippen LogP) is 3.98. The van der Waals surface area contributed by atoms with E-state index in [1.165, 1.54) is 0 Å². The summed E-state index contributed by atoms with van der Waals surface area (Å²) in [5, 5.41) is 13.1. The Morgan fingerprint density at radius 2 is 1.11 bits per heavy atom. The molecule has 2 aliphatic rings. The summed E-state index contributed by atoms with van der Waals surface area (Å²) in [5.41, 5.74) is 28.3. The van der Waals surface area contributed by atoms with Crippen molar-refractivity contribution in [2.24, 2.45) is 22.9 Å². The first-order chi connectivity index (χ1) is 30.2. The SMILES string of the molecule is Cc1ccc(C[C@H](NC(=O)c2cccc3c2OCCC3NC[C@@H](N)CS)C(N)=O)cc1.NC(=O)[C@H](Cc1ccc(Cl)c(Cl)c1)NC(=O)c1cccc2c1OCCC2NC[C@@H](N)CS. The lowest BCUT2D eigenvalue weighted by atomic mass is 9.96. The van der Waals surface area contributed by atoms with Gasteiger partial charge in [0.15, 0.2) is 0 Å². The van der Waals surface area contributed by atoms with Crippen molar-refractivity contribution in [3.05, 3.63) is 128 Å². The van der Waals surface area contributed by atoms with Gasteiger partial charge in [-0.05, 0) is 42.3 Å². The molecule has 4 aromatic rings. The number of nitrogens with one attached hydrogen (secondary N) is 4. The van der Waals surface area contributed by atoms with Crippen LogP contribution in [0, 0.1) is 6.92 Å². The Labute approximate surface area is 389 Å². The van der Waals surface area contributed by atoms with Gasteiger partial charge >= 0.3 is 0 Å². The number of thiol groups is 2. The molecule has 18 heteroatoms. The Kier molecular flexibility index (Phi) is 18.8. The first-order valence-electron chi connectivity index (χ1n) is 20.6. The van der Waals surface area contributed by atoms with E-state index in [-0.39, 0.29) is 36.5 Å². The first-order valence-corrected chi connectivity index (χ1v) is 22.6. The highest BCUT2D eigenvalue weighted by molar-refractivity contribution is 7.80. The highest BCUT2D eigenvalue weighted by Gasteiger charge is 2.30. The second kappa shape index (κ2) is 24.0. The van der Waals surface area contributed by atoms with Crippen LogP contribution in [0.2, 0.25) is 10.0 Å². The van der Waals surface area contributed by atoms with Crippen molar-refractivity contribution >= 4 is 72.1 Å². The van der Waals surface area contributed by atoms with E-state index >= 15 is 0 Å². The molecule has 6 atom stereocenters. The van der Waals surface area contributed by atoms with Gasteiger partial charge in [0.2, 0.25) is 11.8 Å². The molecule has 63 heavy (non-hydrogen) atoms. The van der Waals surface area contributed by atoms with Crippen molar-refractivity contribution in [3.8, 4) is 11.5 Å². The van der Waals surface area contributed by atoms with E-state index in [0.29, 0.717) is 76.9 Å². The van der Waals surface area contributed by atoms with Crippen LogP contribution in [-0.4, -0.2) is 85.6 Å². The number of fused-ring (bicyclic) bond motifs is 2. The number of nitrogens with two attached hydrogens (primary N) is 4. The summed E-state index contributed by atoms with van der Waals surface area (Å²) in [6, 6.07) is 21.7. The number of para-hydroxylation sites is 2. The van der Waals surface area contributed by atoms with Crippen molar-refractivity contribution < 1.29 is 28.7 Å². The number of benzene rings is 4. The van der Waals surface area contributed by atoms with Crippen molar-refractivity contribution in [3.63, 3.8) is 0 Å². The molecule has 0 saturated carbocycles. The molecule has 6 rings (SSSR count). The molecule has 4 aromatic carbocycles. The number of primary amides is 2. The standard InChI is InChI=1S/C23H30N4O3S.C22H26Cl2N4O3S/c1-14-5-7-15(8-6-14)11-20(22(25)28)27-23(29)18-4-2-3-17-19(9-10-30-21(17)18)26-12-16(24)13-31;23-16-5-4-12(8-17(16)24)9-19(21(26)29)28-22(30)15-3-1-2-14-18(6-7-31-20(14)15)27-10-13(25)11-32/h2-8,16,19-20,26,31H,9-13,24H2,1H3,(H2,25,28)(H,27,29);1-5,8,13,18-19,27,32H,6-7,9-11,25H2,(H2,26,29)(H,28,30)/t16-,19?,20+;13-,18?,19+/m11/s1. The molecule has 0 radical (unpaired) electrons. The van der Waals surface area contributed by atoms with Crippen molar-refractivity contribution in [2.45, 2.75) is 68.9 Å². The Hall–Kier alpha value is -4.52. The summed E-state index contributed by atoms with van der Waals surface area (Å²) in [6.07, 6.45) is 2.02. The van der Waals surface area contributed by atoms with Crippen LogP contribution >= 0.6 is 48.5 Å². The third-order valence-corrected chi connectivity index (χ3v) is 12.3. The number of aryl methyl sites for hydroxylation is 1. The van der Waals surface area contributed by atoms with Crippen LogP contribution in [0.3, 0.4) is 0 Å². The number of rotatable bonds is 18. The van der Waals surface area contributed by atoms with Crippen LogP contribution in [0.1, 0.15) is 73.5 Å². The predicted molar refractivity (Wildman–Crippen MR) is 254 cm³/mol. The number of ether oxygens (including phenoxy) is 2. The van der Waals surface area contributed by atoms with Crippen LogP contribution in [0.4, 0.5) is 0 Å². The fourth-order valence-corrected chi connectivity index (χ4v) is 7.71. The Balaban J connectivity index is 0.000000238. The zero-order valence-electron chi connectivity index (χ0n) is 34.9. The largest absolute Gasteiger partial charge is 0.492 e. The Bertz CT molecular complexity index is 2220. The quantitative estimate of drug-likeness (QED) is 0.0644. The molecule has 12 N–H and O–H groups in total. The van der Waals surface area contributed by atoms with Crippen molar-refractivity contribution in [1.82, 2.24) is 21.3 Å². The summed E-state index contributed by atoms with van der Waals surface area (Å²) in [7, 11) is 0. The molecular formula is C45H56Cl2N8O6S2. The first kappa shape index (κ1) is 49.5. The van der Waals surface area contributed by atoms with E-state index in [0.717, 1.165) is 40.7 Å². The Morgan fingerprint density at radius 1 is 0.667 bits per heavy atom. The van der Waals surface area contributed by atoms with Crippen molar-refractivity contribution in [2.75, 3.05) is 37.8 Å². The molecule has 338 valence electrons. The average molecular weight is 940 g/mol. The maximum absolute atomic E-state index is 13.1. The van der Waals surface area contributed by atoms with E-state index in [4.69, 9.17) is 55.6 Å². The van der Waals surface area contributed by atoms with E-state index in [9.17, 15) is 19.2 Å². The maximum Gasteiger partial charge on any atom is 0.255 e. The number of carbonyl (C=O) groups excluding carboxylic acids is 4. The van der Waals surface area contributed by atoms with Crippen LogP contribution in [0.15, 0.2) is 78.9 Å². The zero-order chi connectivity index (χ0) is 45.6. The molecule has 0 aromatic heterocycles. The lowest BCUT2D eigenvalue weighted by Gasteiger charge is -2.29. The molecule has 0 spiro atoms. The molecule has 0 aliphatic carbocycles. The second-order valence-electron chi connectivity index (χ2n) is 15.5. The molecule has 0 fully saturated rings. The summed E-state index contributed by atoms with van der Waals surface area (Å²) in [5.74, 6) is 0.0989. The molecule has 0 bridgehead atoms. The third-order valence-electron chi connectivity index (χ3n) is 10.6. The van der Waals surface area contributed by atoms with Crippen LogP contribution < -0.4 is 53.7 Å². The summed E-state index contributed by atoms with van der Waals surface area (Å²) in [6.45, 7) is 4.13. The van der Waals surface area contributed by atoms with Gasteiger partial charge in [-0.2, -0.15) is 25.3 Å². The van der Waals surface area contributed by atoms with E-state index in [1.807, 2.05) is 49.4 Å². The normalized spacial score (nSPS) is 17.1. The molecule has 2 unspecified atom stereocenters. The highest BCUT2D eigenvalue weighted by atomic mass is 35.5. The van der Waals surface area contributed by atoms with Crippen molar-refractivity contribution in [1.29, 1.82) is 0 Å². The maximum atomic E-state index is 13.1.